The first-order valence-electron chi connectivity index (χ1n) is 6.21. The molecular weight excluding hydrogens is 192 g/mol. The Morgan fingerprint density at radius 1 is 0.938 bits per heavy atom. The maximum atomic E-state index is 2.36. The molecule has 0 bridgehead atoms. The average molecular weight is 217 g/mol. The van der Waals surface area contributed by atoms with Crippen molar-refractivity contribution < 1.29 is 0 Å². The first kappa shape index (κ1) is 13.3. The largest absolute Gasteiger partial charge is 0.0649 e. The average Bonchev–Trinajstić information content (AvgIpc) is 2.16. The summed E-state index contributed by atoms with van der Waals surface area (Å²) in [7, 11) is 0. The van der Waals surface area contributed by atoms with Crippen LogP contribution in [0.5, 0.6) is 0 Å². The molecule has 1 aromatic rings. The summed E-state index contributed by atoms with van der Waals surface area (Å²) >= 11 is 0. The van der Waals surface area contributed by atoms with Crippen LogP contribution in [0.15, 0.2) is 24.3 Å². The predicted molar refractivity (Wildman–Crippen MR) is 72.6 cm³/mol. The first-order valence-corrected chi connectivity index (χ1v) is 6.21. The van der Waals surface area contributed by atoms with Crippen molar-refractivity contribution in [3.63, 3.8) is 0 Å². The molecule has 1 rings (SSSR count). The number of rotatable bonds is 3. The van der Waals surface area contributed by atoms with Crippen LogP contribution >= 0.6 is 0 Å². The molecule has 0 atom stereocenters. The van der Waals surface area contributed by atoms with Gasteiger partial charge in [-0.2, -0.15) is 0 Å². The van der Waals surface area contributed by atoms with Gasteiger partial charge in [-0.1, -0.05) is 72.2 Å². The van der Waals surface area contributed by atoms with E-state index < -0.39 is 0 Å². The third kappa shape index (κ3) is 3.66. The molecule has 0 amide bonds. The zero-order valence-electron chi connectivity index (χ0n) is 11.6. The molecule has 0 unspecified atom stereocenters. The molecule has 0 heterocycles. The predicted octanol–water partition coefficient (Wildman–Crippen LogP) is 4.97. The Labute approximate surface area is 101 Å². The lowest BCUT2D eigenvalue weighted by atomic mass is 9.82. The van der Waals surface area contributed by atoms with Crippen LogP contribution in [0.1, 0.15) is 59.1 Å². The van der Waals surface area contributed by atoms with Crippen molar-refractivity contribution >= 4 is 0 Å². The topological polar surface area (TPSA) is 0 Å². The summed E-state index contributed by atoms with van der Waals surface area (Å²) in [4.78, 5) is 0. The Kier molecular flexibility index (Phi) is 3.83. The molecule has 0 saturated heterocycles. The smallest absolute Gasteiger partial charge is 0.00367 e. The van der Waals surface area contributed by atoms with E-state index in [0.717, 1.165) is 0 Å². The fourth-order valence-corrected chi connectivity index (χ4v) is 1.63. The van der Waals surface area contributed by atoms with Crippen LogP contribution in [-0.4, -0.2) is 0 Å². The van der Waals surface area contributed by atoms with Crippen molar-refractivity contribution in [2.75, 3.05) is 0 Å². The van der Waals surface area contributed by atoms with E-state index in [0.29, 0.717) is 5.41 Å². The van der Waals surface area contributed by atoms with Gasteiger partial charge in [-0.15, -0.1) is 0 Å². The summed E-state index contributed by atoms with van der Waals surface area (Å²) in [5.41, 5.74) is 3.28. The zero-order chi connectivity index (χ0) is 12.4. The number of hydrogen-bond acceptors (Lipinski definition) is 0. The normalized spacial score (nSPS) is 12.9. The van der Waals surface area contributed by atoms with Crippen LogP contribution in [-0.2, 0) is 5.41 Å². The van der Waals surface area contributed by atoms with E-state index in [1.54, 1.807) is 0 Å². The minimum atomic E-state index is 0.249. The molecule has 1 radical (unpaired) electrons. The summed E-state index contributed by atoms with van der Waals surface area (Å²) in [5, 5.41) is 0. The van der Waals surface area contributed by atoms with Crippen LogP contribution < -0.4 is 0 Å². The van der Waals surface area contributed by atoms with E-state index in [-0.39, 0.29) is 5.41 Å². The van der Waals surface area contributed by atoms with Crippen molar-refractivity contribution in [1.82, 2.24) is 0 Å². The van der Waals surface area contributed by atoms with Crippen molar-refractivity contribution in [3.05, 3.63) is 41.8 Å². The molecule has 0 aliphatic rings. The van der Waals surface area contributed by atoms with Crippen molar-refractivity contribution in [3.8, 4) is 0 Å². The van der Waals surface area contributed by atoms with Crippen LogP contribution in [0.3, 0.4) is 0 Å². The van der Waals surface area contributed by atoms with Gasteiger partial charge in [0.15, 0.2) is 0 Å². The number of hydrogen-bond donors (Lipinski definition) is 0. The standard InChI is InChI=1S/C16H25/c1-7-16(5,6)12-13-8-10-14(11-9-13)15(2,3)4/h8-12H,7H2,1-6H3. The Balaban J connectivity index is 2.80. The Bertz CT molecular complexity index is 322. The van der Waals surface area contributed by atoms with Gasteiger partial charge in [0, 0.05) is 0 Å². The minimum Gasteiger partial charge on any atom is -0.0649 e. The second kappa shape index (κ2) is 4.61. The Morgan fingerprint density at radius 2 is 1.44 bits per heavy atom. The summed E-state index contributed by atoms with van der Waals surface area (Å²) in [6.07, 6.45) is 3.54. The van der Waals surface area contributed by atoms with Crippen LogP contribution in [0.2, 0.25) is 0 Å². The fraction of sp³-hybridized carbons (Fsp3) is 0.562. The van der Waals surface area contributed by atoms with E-state index in [2.05, 4.69) is 72.2 Å². The maximum absolute atomic E-state index is 2.36. The van der Waals surface area contributed by atoms with Crippen LogP contribution in [0.25, 0.3) is 0 Å². The lowest BCUT2D eigenvalue weighted by Crippen LogP contribution is -2.13. The molecule has 0 aliphatic carbocycles. The van der Waals surface area contributed by atoms with Crippen LogP contribution in [0, 0.1) is 11.8 Å². The second-order valence-corrected chi connectivity index (χ2v) is 6.36. The Hall–Kier alpha value is -0.780. The van der Waals surface area contributed by atoms with Crippen molar-refractivity contribution in [2.45, 2.75) is 53.4 Å². The molecule has 0 spiro atoms. The molecule has 0 aliphatic heterocycles. The quantitative estimate of drug-likeness (QED) is 0.670. The van der Waals surface area contributed by atoms with Gasteiger partial charge in [0.1, 0.15) is 0 Å². The lowest BCUT2D eigenvalue weighted by molar-refractivity contribution is 0.430. The van der Waals surface area contributed by atoms with Gasteiger partial charge in [0.2, 0.25) is 0 Å². The molecule has 0 nitrogen and oxygen atoms in total. The van der Waals surface area contributed by atoms with Gasteiger partial charge in [0.05, 0.1) is 0 Å². The molecular formula is C16H25. The molecule has 1 aromatic carbocycles. The number of benzene rings is 1. The third-order valence-corrected chi connectivity index (χ3v) is 3.25. The molecule has 0 aromatic heterocycles. The minimum absolute atomic E-state index is 0.249. The van der Waals surface area contributed by atoms with Crippen LogP contribution in [0.4, 0.5) is 0 Å². The fourth-order valence-electron chi connectivity index (χ4n) is 1.63. The van der Waals surface area contributed by atoms with Crippen molar-refractivity contribution in [1.29, 1.82) is 0 Å². The van der Waals surface area contributed by atoms with Gasteiger partial charge in [-0.05, 0) is 28.4 Å². The monoisotopic (exact) mass is 217 g/mol. The molecule has 0 fully saturated rings. The lowest BCUT2D eigenvalue weighted by Gasteiger charge is -2.23. The van der Waals surface area contributed by atoms with E-state index in [9.17, 15) is 0 Å². The van der Waals surface area contributed by atoms with Crippen molar-refractivity contribution in [2.24, 2.45) is 5.41 Å². The van der Waals surface area contributed by atoms with E-state index in [1.165, 1.54) is 17.5 Å². The first-order chi connectivity index (χ1) is 7.24. The summed E-state index contributed by atoms with van der Waals surface area (Å²) in [6, 6.07) is 8.96. The van der Waals surface area contributed by atoms with Gasteiger partial charge in [-0.25, -0.2) is 0 Å². The van der Waals surface area contributed by atoms with E-state index in [4.69, 9.17) is 0 Å². The molecule has 0 N–H and O–H groups in total. The summed E-state index contributed by atoms with van der Waals surface area (Å²) in [5.74, 6) is 0. The highest BCUT2D eigenvalue weighted by molar-refractivity contribution is 5.32. The van der Waals surface area contributed by atoms with E-state index >= 15 is 0 Å². The van der Waals surface area contributed by atoms with Gasteiger partial charge in [0.25, 0.3) is 0 Å². The highest BCUT2D eigenvalue weighted by atomic mass is 14.2. The maximum Gasteiger partial charge on any atom is -0.00367 e. The Morgan fingerprint density at radius 3 is 1.81 bits per heavy atom. The summed E-state index contributed by atoms with van der Waals surface area (Å²) in [6.45, 7) is 13.6. The van der Waals surface area contributed by atoms with E-state index in [1.807, 2.05) is 0 Å². The molecule has 16 heavy (non-hydrogen) atoms. The zero-order valence-corrected chi connectivity index (χ0v) is 11.6. The molecule has 0 saturated carbocycles. The highest BCUT2D eigenvalue weighted by Crippen LogP contribution is 2.29. The molecule has 89 valence electrons. The SMILES string of the molecule is CCC(C)(C)[CH]c1ccc(C(C)(C)C)cc1. The highest BCUT2D eigenvalue weighted by Gasteiger charge is 2.17. The molecule has 0 heteroatoms. The van der Waals surface area contributed by atoms with Gasteiger partial charge >= 0.3 is 0 Å². The second-order valence-electron chi connectivity index (χ2n) is 6.36. The summed E-state index contributed by atoms with van der Waals surface area (Å²) < 4.78 is 0. The third-order valence-electron chi connectivity index (χ3n) is 3.25. The van der Waals surface area contributed by atoms with Gasteiger partial charge < -0.3 is 0 Å². The van der Waals surface area contributed by atoms with Gasteiger partial charge in [-0.3, -0.25) is 0 Å².